The standard InChI is InChI=1S/F4Si2/c1-5(2)6(3)4. The average molecular weight is 132 g/mol. The van der Waals surface area contributed by atoms with Crippen molar-refractivity contribution in [2.24, 2.45) is 0 Å². The monoisotopic (exact) mass is 132 g/mol. The van der Waals surface area contributed by atoms with Gasteiger partial charge in [-0.05, 0) is 0 Å². The highest BCUT2D eigenvalue weighted by Crippen LogP contribution is 1.79. The van der Waals surface area contributed by atoms with E-state index in [0.717, 1.165) is 0 Å². The van der Waals surface area contributed by atoms with Gasteiger partial charge in [-0.25, -0.2) is 16.4 Å². The van der Waals surface area contributed by atoms with Crippen LogP contribution in [0.3, 0.4) is 0 Å². The van der Waals surface area contributed by atoms with Crippen LogP contribution < -0.4 is 0 Å². The molecule has 0 aromatic rings. The fourth-order valence-corrected chi connectivity index (χ4v) is 0. The molecule has 36 valence electrons. The number of halogens is 4. The molecule has 0 nitrogen and oxygen atoms in total. The number of rotatable bonds is 0. The summed E-state index contributed by atoms with van der Waals surface area (Å²) in [5.74, 6) is 0. The maximum Gasteiger partial charge on any atom is 0.480 e. The lowest BCUT2D eigenvalue weighted by atomic mass is 18.8. The molecule has 0 aliphatic rings. The Morgan fingerprint density at radius 1 is 0.667 bits per heavy atom. The second-order valence-electron chi connectivity index (χ2n) is 0.521. The van der Waals surface area contributed by atoms with E-state index < -0.39 is 17.1 Å². The summed E-state index contributed by atoms with van der Waals surface area (Å²) in [6.07, 6.45) is 0. The molecule has 0 atom stereocenters. The summed E-state index contributed by atoms with van der Waals surface area (Å²) in [6, 6.07) is 0. The van der Waals surface area contributed by atoms with Gasteiger partial charge in [0.2, 0.25) is 0 Å². The lowest BCUT2D eigenvalue weighted by Gasteiger charge is -1.65. The van der Waals surface area contributed by atoms with E-state index in [1.807, 2.05) is 0 Å². The molecule has 0 N–H and O–H groups in total. The van der Waals surface area contributed by atoms with Crippen molar-refractivity contribution in [1.82, 2.24) is 0 Å². The van der Waals surface area contributed by atoms with Crippen LogP contribution in [0.1, 0.15) is 0 Å². The van der Waals surface area contributed by atoms with E-state index in [0.29, 0.717) is 0 Å². The summed E-state index contributed by atoms with van der Waals surface area (Å²) in [5, 5.41) is 0. The van der Waals surface area contributed by atoms with Crippen LogP contribution in [0.5, 0.6) is 0 Å². The van der Waals surface area contributed by atoms with Crippen LogP contribution in [-0.2, 0) is 0 Å². The first-order chi connectivity index (χ1) is 2.64. The maximum atomic E-state index is 10.6. The molecule has 6 heavy (non-hydrogen) atoms. The summed E-state index contributed by atoms with van der Waals surface area (Å²) in [6.45, 7) is 0. The van der Waals surface area contributed by atoms with E-state index in [9.17, 15) is 16.4 Å². The molecule has 0 unspecified atom stereocenters. The van der Waals surface area contributed by atoms with Gasteiger partial charge >= 0.3 is 17.1 Å². The van der Waals surface area contributed by atoms with Gasteiger partial charge in [0.05, 0.1) is 0 Å². The van der Waals surface area contributed by atoms with Gasteiger partial charge in [0.25, 0.3) is 0 Å². The van der Waals surface area contributed by atoms with Crippen LogP contribution in [0.4, 0.5) is 16.4 Å². The summed E-state index contributed by atoms with van der Waals surface area (Å²) in [7, 11) is -8.37. The Morgan fingerprint density at radius 3 is 0.833 bits per heavy atom. The fraction of sp³-hybridized carbons (Fsp3) is 0. The van der Waals surface area contributed by atoms with E-state index in [-0.39, 0.29) is 0 Å². The van der Waals surface area contributed by atoms with E-state index >= 15 is 0 Å². The molecule has 0 aromatic carbocycles. The minimum atomic E-state index is -4.18. The third-order valence-electron chi connectivity index (χ3n) is 0.143. The van der Waals surface area contributed by atoms with Crippen molar-refractivity contribution in [3.8, 4) is 0 Å². The van der Waals surface area contributed by atoms with Crippen molar-refractivity contribution < 1.29 is 16.4 Å². The molecule has 0 aliphatic heterocycles. The van der Waals surface area contributed by atoms with Gasteiger partial charge in [-0.2, -0.15) is 0 Å². The van der Waals surface area contributed by atoms with Crippen LogP contribution in [0, 0.1) is 0 Å². The van der Waals surface area contributed by atoms with Crippen molar-refractivity contribution in [3.63, 3.8) is 0 Å². The molecular formula is F4Si2. The maximum absolute atomic E-state index is 10.6. The Kier molecular flexibility index (Phi) is 2.41. The minimum absolute atomic E-state index is 4.18. The third-order valence-corrected chi connectivity index (χ3v) is 1.29. The van der Waals surface area contributed by atoms with E-state index in [1.54, 1.807) is 0 Å². The highest BCUT2D eigenvalue weighted by molar-refractivity contribution is 6.81. The Morgan fingerprint density at radius 2 is 0.833 bits per heavy atom. The molecule has 0 bridgehead atoms. The van der Waals surface area contributed by atoms with Gasteiger partial charge in [-0.15, -0.1) is 0 Å². The largest absolute Gasteiger partial charge is 0.480 e. The van der Waals surface area contributed by atoms with E-state index in [1.165, 1.54) is 0 Å². The molecule has 0 amide bonds. The first kappa shape index (κ1) is 6.15. The summed E-state index contributed by atoms with van der Waals surface area (Å²) in [4.78, 5) is 0. The molecule has 0 aromatic heterocycles. The van der Waals surface area contributed by atoms with Gasteiger partial charge in [0, 0.05) is 0 Å². The van der Waals surface area contributed by atoms with Gasteiger partial charge in [0.1, 0.15) is 0 Å². The second kappa shape index (κ2) is 2.35. The topological polar surface area (TPSA) is 0 Å². The highest BCUT2D eigenvalue weighted by Gasteiger charge is 2.06. The summed E-state index contributed by atoms with van der Waals surface area (Å²) < 4.78 is 42.2. The molecule has 0 radical (unpaired) electrons. The van der Waals surface area contributed by atoms with E-state index in [4.69, 9.17) is 0 Å². The Labute approximate surface area is 34.6 Å². The molecule has 6 heteroatoms. The van der Waals surface area contributed by atoms with Crippen LogP contribution >= 0.6 is 0 Å². The van der Waals surface area contributed by atoms with Crippen LogP contribution in [-0.4, -0.2) is 17.1 Å². The number of hydrogen-bond donors (Lipinski definition) is 0. The van der Waals surface area contributed by atoms with Crippen LogP contribution in [0.2, 0.25) is 0 Å². The van der Waals surface area contributed by atoms with Crippen molar-refractivity contribution in [2.75, 3.05) is 0 Å². The molecule has 0 fully saturated rings. The van der Waals surface area contributed by atoms with Crippen molar-refractivity contribution in [2.45, 2.75) is 0 Å². The predicted molar refractivity (Wildman–Crippen MR) is 15.9 cm³/mol. The Hall–Kier alpha value is 0.154. The predicted octanol–water partition coefficient (Wildman–Crippen LogP) is 0.919. The molecule has 0 saturated heterocycles. The van der Waals surface area contributed by atoms with Crippen LogP contribution in [0.25, 0.3) is 0 Å². The molecule has 0 spiro atoms. The summed E-state index contributed by atoms with van der Waals surface area (Å²) in [5.41, 5.74) is 0. The van der Waals surface area contributed by atoms with Crippen molar-refractivity contribution in [3.05, 3.63) is 0 Å². The first-order valence-corrected chi connectivity index (χ1v) is 4.52. The second-order valence-corrected chi connectivity index (χ2v) is 3.83. The van der Waals surface area contributed by atoms with Crippen molar-refractivity contribution >= 4 is 17.1 Å². The Balaban J connectivity index is 3.68. The minimum Gasteiger partial charge on any atom is -0.240 e. The SMILES string of the molecule is F[Si](F)=[Si](F)F. The zero-order valence-electron chi connectivity index (χ0n) is 2.51. The van der Waals surface area contributed by atoms with E-state index in [2.05, 4.69) is 0 Å². The molecule has 0 heterocycles. The van der Waals surface area contributed by atoms with Gasteiger partial charge < -0.3 is 0 Å². The highest BCUT2D eigenvalue weighted by atomic mass is 29.0. The lowest BCUT2D eigenvalue weighted by Crippen LogP contribution is -1.94. The third kappa shape index (κ3) is 2.39. The smallest absolute Gasteiger partial charge is 0.240 e. The summed E-state index contributed by atoms with van der Waals surface area (Å²) >= 11 is 0. The molecular weight excluding hydrogens is 132 g/mol. The molecule has 0 saturated carbocycles. The zero-order chi connectivity index (χ0) is 5.15. The lowest BCUT2D eigenvalue weighted by molar-refractivity contribution is 0.653. The molecule has 0 aliphatic carbocycles. The number of hydrogen-bond acceptors (Lipinski definition) is 0. The first-order valence-electron chi connectivity index (χ1n) is 1.01. The average Bonchev–Trinajstić information content (AvgIpc) is 1.36. The van der Waals surface area contributed by atoms with Crippen molar-refractivity contribution in [1.29, 1.82) is 0 Å². The normalized spacial score (nSPS) is 8.00. The zero-order valence-corrected chi connectivity index (χ0v) is 4.51. The molecule has 0 rings (SSSR count). The van der Waals surface area contributed by atoms with Gasteiger partial charge in [-0.3, -0.25) is 0 Å². The fourth-order valence-electron chi connectivity index (χ4n) is 0. The van der Waals surface area contributed by atoms with Gasteiger partial charge in [0.15, 0.2) is 0 Å². The van der Waals surface area contributed by atoms with Crippen LogP contribution in [0.15, 0.2) is 0 Å². The Bertz CT molecular complexity index is 55.6. The van der Waals surface area contributed by atoms with Gasteiger partial charge in [-0.1, -0.05) is 0 Å². The quantitative estimate of drug-likeness (QED) is 0.261.